The average Bonchev–Trinajstić information content (AvgIpc) is 2.38. The Hall–Kier alpha value is -1.90. The Balaban J connectivity index is 2.55. The number of aromatic nitrogens is 1. The van der Waals surface area contributed by atoms with Gasteiger partial charge in [0, 0.05) is 11.6 Å². The van der Waals surface area contributed by atoms with Gasteiger partial charge in [-0.3, -0.25) is 4.98 Å². The summed E-state index contributed by atoms with van der Waals surface area (Å²) in [5.74, 6) is -0.306. The first-order valence-electron chi connectivity index (χ1n) is 6.91. The zero-order valence-corrected chi connectivity index (χ0v) is 12.8. The van der Waals surface area contributed by atoms with E-state index in [4.69, 9.17) is 4.74 Å². The van der Waals surface area contributed by atoms with E-state index in [-0.39, 0.29) is 11.4 Å². The molecule has 0 fully saturated rings. The van der Waals surface area contributed by atoms with Gasteiger partial charge in [-0.25, -0.2) is 4.79 Å². The number of hydrogen-bond acceptors (Lipinski definition) is 3. The first-order chi connectivity index (χ1) is 9.34. The molecule has 0 unspecified atom stereocenters. The van der Waals surface area contributed by atoms with Crippen LogP contribution >= 0.6 is 0 Å². The summed E-state index contributed by atoms with van der Waals surface area (Å²) in [4.78, 5) is 16.3. The summed E-state index contributed by atoms with van der Waals surface area (Å²) >= 11 is 0. The van der Waals surface area contributed by atoms with E-state index in [1.54, 1.807) is 13.1 Å². The van der Waals surface area contributed by atoms with Crippen molar-refractivity contribution in [1.82, 2.24) is 4.98 Å². The number of aryl methyl sites for hydroxylation is 1. The second kappa shape index (κ2) is 5.23. The maximum absolute atomic E-state index is 11.9. The molecule has 1 aromatic carbocycles. The molecule has 0 N–H and O–H groups in total. The van der Waals surface area contributed by atoms with Gasteiger partial charge in [-0.15, -0.1) is 0 Å². The predicted molar refractivity (Wildman–Crippen MR) is 81.1 cm³/mol. The normalized spacial score (nSPS) is 11.7. The molecule has 0 saturated heterocycles. The monoisotopic (exact) mass is 271 g/mol. The van der Waals surface area contributed by atoms with Crippen molar-refractivity contribution >= 4 is 16.9 Å². The third kappa shape index (κ3) is 2.67. The van der Waals surface area contributed by atoms with Crippen LogP contribution < -0.4 is 0 Å². The van der Waals surface area contributed by atoms with Gasteiger partial charge in [0.15, 0.2) is 0 Å². The Labute approximate surface area is 120 Å². The summed E-state index contributed by atoms with van der Waals surface area (Å²) in [6.07, 6.45) is 1.61. The molecule has 1 heterocycles. The van der Waals surface area contributed by atoms with Crippen LogP contribution in [0.15, 0.2) is 24.4 Å². The van der Waals surface area contributed by atoms with Crippen molar-refractivity contribution in [2.24, 2.45) is 0 Å². The minimum absolute atomic E-state index is 0.0869. The van der Waals surface area contributed by atoms with Gasteiger partial charge in [-0.2, -0.15) is 0 Å². The van der Waals surface area contributed by atoms with Crippen LogP contribution in [0.25, 0.3) is 10.9 Å². The number of rotatable bonds is 2. The molecule has 0 atom stereocenters. The molecule has 0 bridgehead atoms. The largest absolute Gasteiger partial charge is 0.462 e. The predicted octanol–water partition coefficient (Wildman–Crippen LogP) is 4.02. The molecule has 106 valence electrons. The van der Waals surface area contributed by atoms with E-state index in [9.17, 15) is 4.79 Å². The Morgan fingerprint density at radius 2 is 2.00 bits per heavy atom. The minimum Gasteiger partial charge on any atom is -0.462 e. The second-order valence-corrected chi connectivity index (χ2v) is 6.00. The molecule has 2 aromatic rings. The molecule has 0 aliphatic carbocycles. The fourth-order valence-electron chi connectivity index (χ4n) is 2.21. The quantitative estimate of drug-likeness (QED) is 0.774. The topological polar surface area (TPSA) is 39.2 Å². The number of benzene rings is 1. The van der Waals surface area contributed by atoms with Crippen molar-refractivity contribution in [1.29, 1.82) is 0 Å². The summed E-state index contributed by atoms with van der Waals surface area (Å²) in [5, 5.41) is 1.00. The first-order valence-corrected chi connectivity index (χ1v) is 6.91. The van der Waals surface area contributed by atoms with Crippen LogP contribution in [0.3, 0.4) is 0 Å². The number of ether oxygens (including phenoxy) is 1. The van der Waals surface area contributed by atoms with Gasteiger partial charge in [0.2, 0.25) is 0 Å². The zero-order chi connectivity index (χ0) is 14.9. The third-order valence-corrected chi connectivity index (χ3v) is 3.50. The van der Waals surface area contributed by atoms with E-state index in [0.717, 1.165) is 16.5 Å². The van der Waals surface area contributed by atoms with Crippen LogP contribution in [0.4, 0.5) is 0 Å². The van der Waals surface area contributed by atoms with Gasteiger partial charge < -0.3 is 4.74 Å². The van der Waals surface area contributed by atoms with Crippen LogP contribution in [-0.4, -0.2) is 17.6 Å². The maximum atomic E-state index is 11.9. The van der Waals surface area contributed by atoms with Crippen molar-refractivity contribution in [3.63, 3.8) is 0 Å². The lowest BCUT2D eigenvalue weighted by Crippen LogP contribution is -2.11. The number of nitrogens with zero attached hydrogens (tertiary/aromatic N) is 1. The molecule has 1 aromatic heterocycles. The van der Waals surface area contributed by atoms with Gasteiger partial charge >= 0.3 is 5.97 Å². The van der Waals surface area contributed by atoms with Crippen molar-refractivity contribution in [3.8, 4) is 0 Å². The molecule has 0 saturated carbocycles. The molecule has 3 heteroatoms. The van der Waals surface area contributed by atoms with Crippen LogP contribution in [0.2, 0.25) is 0 Å². The number of pyridine rings is 1. The molecule has 0 spiro atoms. The van der Waals surface area contributed by atoms with E-state index in [1.165, 1.54) is 5.56 Å². The highest BCUT2D eigenvalue weighted by Crippen LogP contribution is 2.27. The molecular weight excluding hydrogens is 250 g/mol. The van der Waals surface area contributed by atoms with Gasteiger partial charge in [0.1, 0.15) is 0 Å². The van der Waals surface area contributed by atoms with Crippen LogP contribution in [0.5, 0.6) is 0 Å². The first kappa shape index (κ1) is 14.5. The summed E-state index contributed by atoms with van der Waals surface area (Å²) in [6.45, 7) is 10.6. The Morgan fingerprint density at radius 1 is 1.30 bits per heavy atom. The summed E-state index contributed by atoms with van der Waals surface area (Å²) in [7, 11) is 0. The Morgan fingerprint density at radius 3 is 2.60 bits per heavy atom. The number of hydrogen-bond donors (Lipinski definition) is 0. The van der Waals surface area contributed by atoms with E-state index < -0.39 is 0 Å². The third-order valence-electron chi connectivity index (χ3n) is 3.50. The highest BCUT2D eigenvalue weighted by molar-refractivity contribution is 5.96. The van der Waals surface area contributed by atoms with Gasteiger partial charge in [0.05, 0.1) is 17.7 Å². The lowest BCUT2D eigenvalue weighted by molar-refractivity contribution is 0.0525. The summed E-state index contributed by atoms with van der Waals surface area (Å²) in [5.41, 5.74) is 3.71. The molecule has 0 amide bonds. The van der Waals surface area contributed by atoms with Crippen molar-refractivity contribution < 1.29 is 9.53 Å². The molecule has 2 rings (SSSR count). The average molecular weight is 271 g/mol. The highest BCUT2D eigenvalue weighted by Gasteiger charge is 2.17. The SMILES string of the molecule is CCOC(=O)c1cnc2cc(C(C)(C)C)ccc2c1C. The number of fused-ring (bicyclic) bond motifs is 1. The Kier molecular flexibility index (Phi) is 3.80. The molecular formula is C17H21NO2. The fourth-order valence-corrected chi connectivity index (χ4v) is 2.21. The van der Waals surface area contributed by atoms with Crippen molar-refractivity contribution in [2.75, 3.05) is 6.61 Å². The lowest BCUT2D eigenvalue weighted by atomic mass is 9.86. The molecule has 3 nitrogen and oxygen atoms in total. The molecule has 0 aliphatic heterocycles. The van der Waals surface area contributed by atoms with Crippen LogP contribution in [0.1, 0.15) is 49.2 Å². The van der Waals surface area contributed by atoms with Crippen LogP contribution in [0, 0.1) is 6.92 Å². The number of esters is 1. The zero-order valence-electron chi connectivity index (χ0n) is 12.8. The fraction of sp³-hybridized carbons (Fsp3) is 0.412. The number of carbonyl (C=O) groups excluding carboxylic acids is 1. The van der Waals surface area contributed by atoms with Gasteiger partial charge in [0.25, 0.3) is 0 Å². The van der Waals surface area contributed by atoms with E-state index >= 15 is 0 Å². The van der Waals surface area contributed by atoms with E-state index in [1.807, 2.05) is 13.0 Å². The molecule has 0 aliphatic rings. The summed E-state index contributed by atoms with van der Waals surface area (Å²) < 4.78 is 5.06. The lowest BCUT2D eigenvalue weighted by Gasteiger charge is -2.19. The maximum Gasteiger partial charge on any atom is 0.339 e. The van der Waals surface area contributed by atoms with E-state index in [0.29, 0.717) is 12.2 Å². The minimum atomic E-state index is -0.306. The Bertz CT molecular complexity index is 654. The molecule has 20 heavy (non-hydrogen) atoms. The van der Waals surface area contributed by atoms with Gasteiger partial charge in [-0.05, 0) is 36.5 Å². The number of carbonyl (C=O) groups is 1. The van der Waals surface area contributed by atoms with Crippen LogP contribution in [-0.2, 0) is 10.2 Å². The van der Waals surface area contributed by atoms with Crippen molar-refractivity contribution in [2.45, 2.75) is 40.0 Å². The standard InChI is InChI=1S/C17H21NO2/c1-6-20-16(19)14-10-18-15-9-12(17(3,4)5)7-8-13(15)11(14)2/h7-10H,6H2,1-5H3. The smallest absolute Gasteiger partial charge is 0.339 e. The highest BCUT2D eigenvalue weighted by atomic mass is 16.5. The summed E-state index contributed by atoms with van der Waals surface area (Å²) in [6, 6.07) is 6.24. The second-order valence-electron chi connectivity index (χ2n) is 6.00. The van der Waals surface area contributed by atoms with Crippen molar-refractivity contribution in [3.05, 3.63) is 41.1 Å². The molecule has 0 radical (unpaired) electrons. The van der Waals surface area contributed by atoms with E-state index in [2.05, 4.69) is 37.9 Å². The van der Waals surface area contributed by atoms with Gasteiger partial charge in [-0.1, -0.05) is 32.9 Å².